The van der Waals surface area contributed by atoms with E-state index in [0.29, 0.717) is 0 Å². The first-order valence-corrected chi connectivity index (χ1v) is 6.47. The average molecular weight is 288 g/mol. The standard InChI is InChI=1S/C11H18BrN3O/c1-9-11(12)10(2)15(13-9)4-3-14-5-7-16-8-6-14/h3-8H2,1-2H3. The molecule has 1 saturated heterocycles. The monoisotopic (exact) mass is 287 g/mol. The normalized spacial score (nSPS) is 17.9. The average Bonchev–Trinajstić information content (AvgIpc) is 2.56. The van der Waals surface area contributed by atoms with Gasteiger partial charge in [0.05, 0.1) is 29.9 Å². The largest absolute Gasteiger partial charge is 0.379 e. The number of hydrogen-bond acceptors (Lipinski definition) is 3. The van der Waals surface area contributed by atoms with E-state index in [1.54, 1.807) is 0 Å². The number of aromatic nitrogens is 2. The van der Waals surface area contributed by atoms with Crippen LogP contribution in [0.1, 0.15) is 11.4 Å². The van der Waals surface area contributed by atoms with Crippen molar-refractivity contribution in [2.45, 2.75) is 20.4 Å². The second-order valence-corrected chi connectivity index (χ2v) is 4.95. The predicted molar refractivity (Wildman–Crippen MR) is 66.7 cm³/mol. The maximum atomic E-state index is 5.33. The van der Waals surface area contributed by atoms with E-state index in [1.165, 1.54) is 5.69 Å². The van der Waals surface area contributed by atoms with E-state index in [0.717, 1.165) is 49.6 Å². The van der Waals surface area contributed by atoms with Crippen LogP contribution in [-0.2, 0) is 11.3 Å². The number of morpholine rings is 1. The number of hydrogen-bond donors (Lipinski definition) is 0. The third-order valence-electron chi connectivity index (χ3n) is 3.02. The van der Waals surface area contributed by atoms with Crippen LogP contribution in [0.3, 0.4) is 0 Å². The fourth-order valence-electron chi connectivity index (χ4n) is 1.95. The Kier molecular flexibility index (Phi) is 4.00. The lowest BCUT2D eigenvalue weighted by Gasteiger charge is -2.26. The molecule has 16 heavy (non-hydrogen) atoms. The van der Waals surface area contributed by atoms with Gasteiger partial charge in [0, 0.05) is 25.3 Å². The Hall–Kier alpha value is -0.390. The summed E-state index contributed by atoms with van der Waals surface area (Å²) in [7, 11) is 0. The molecule has 1 aliphatic rings. The van der Waals surface area contributed by atoms with Crippen molar-refractivity contribution in [1.82, 2.24) is 14.7 Å². The van der Waals surface area contributed by atoms with Crippen molar-refractivity contribution in [2.24, 2.45) is 0 Å². The zero-order valence-corrected chi connectivity index (χ0v) is 11.5. The SMILES string of the molecule is Cc1nn(CCN2CCOCC2)c(C)c1Br. The fourth-order valence-corrected chi connectivity index (χ4v) is 2.24. The van der Waals surface area contributed by atoms with Crippen molar-refractivity contribution >= 4 is 15.9 Å². The highest BCUT2D eigenvalue weighted by molar-refractivity contribution is 9.10. The van der Waals surface area contributed by atoms with Gasteiger partial charge in [0.15, 0.2) is 0 Å². The molecule has 1 aliphatic heterocycles. The minimum Gasteiger partial charge on any atom is -0.379 e. The molecule has 5 heteroatoms. The topological polar surface area (TPSA) is 30.3 Å². The molecule has 0 bridgehead atoms. The van der Waals surface area contributed by atoms with Crippen molar-refractivity contribution < 1.29 is 4.74 Å². The number of aryl methyl sites for hydroxylation is 1. The summed E-state index contributed by atoms with van der Waals surface area (Å²) in [5.41, 5.74) is 2.28. The van der Waals surface area contributed by atoms with Crippen molar-refractivity contribution in [3.05, 3.63) is 15.9 Å². The van der Waals surface area contributed by atoms with E-state index in [1.807, 2.05) is 6.92 Å². The van der Waals surface area contributed by atoms with Crippen LogP contribution in [0.15, 0.2) is 4.47 Å². The van der Waals surface area contributed by atoms with Crippen LogP contribution < -0.4 is 0 Å². The smallest absolute Gasteiger partial charge is 0.0738 e. The van der Waals surface area contributed by atoms with E-state index in [-0.39, 0.29) is 0 Å². The van der Waals surface area contributed by atoms with Crippen LogP contribution in [0.25, 0.3) is 0 Å². The van der Waals surface area contributed by atoms with E-state index in [4.69, 9.17) is 4.74 Å². The predicted octanol–water partition coefficient (Wildman–Crippen LogP) is 1.59. The van der Waals surface area contributed by atoms with Crippen molar-refractivity contribution in [2.75, 3.05) is 32.8 Å². The second kappa shape index (κ2) is 5.29. The van der Waals surface area contributed by atoms with Gasteiger partial charge in [-0.2, -0.15) is 5.10 Å². The summed E-state index contributed by atoms with van der Waals surface area (Å²) in [4.78, 5) is 2.42. The van der Waals surface area contributed by atoms with Gasteiger partial charge in [-0.3, -0.25) is 9.58 Å². The Morgan fingerprint density at radius 2 is 1.94 bits per heavy atom. The zero-order valence-electron chi connectivity index (χ0n) is 9.87. The molecular formula is C11H18BrN3O. The number of ether oxygens (including phenoxy) is 1. The number of halogens is 1. The summed E-state index contributed by atoms with van der Waals surface area (Å²) in [6.07, 6.45) is 0. The highest BCUT2D eigenvalue weighted by Gasteiger charge is 2.12. The van der Waals surface area contributed by atoms with Crippen LogP contribution in [0, 0.1) is 13.8 Å². The molecule has 0 saturated carbocycles. The number of nitrogens with zero attached hydrogens (tertiary/aromatic N) is 3. The highest BCUT2D eigenvalue weighted by Crippen LogP contribution is 2.19. The van der Waals surface area contributed by atoms with Crippen molar-refractivity contribution in [3.8, 4) is 0 Å². The maximum absolute atomic E-state index is 5.33. The Balaban J connectivity index is 1.91. The number of rotatable bonds is 3. The first-order valence-electron chi connectivity index (χ1n) is 5.68. The van der Waals surface area contributed by atoms with Crippen molar-refractivity contribution in [3.63, 3.8) is 0 Å². The summed E-state index contributed by atoms with van der Waals surface area (Å²) < 4.78 is 8.54. The fraction of sp³-hybridized carbons (Fsp3) is 0.727. The lowest BCUT2D eigenvalue weighted by atomic mass is 10.4. The van der Waals surface area contributed by atoms with Crippen LogP contribution in [0.4, 0.5) is 0 Å². The van der Waals surface area contributed by atoms with Gasteiger partial charge >= 0.3 is 0 Å². The zero-order chi connectivity index (χ0) is 11.5. The molecule has 1 aromatic rings. The van der Waals surface area contributed by atoms with Crippen molar-refractivity contribution in [1.29, 1.82) is 0 Å². The molecule has 2 rings (SSSR count). The Labute approximate surface area is 105 Å². The molecule has 0 aromatic carbocycles. The van der Waals surface area contributed by atoms with E-state index in [9.17, 15) is 0 Å². The first-order chi connectivity index (χ1) is 7.68. The summed E-state index contributed by atoms with van der Waals surface area (Å²) in [6, 6.07) is 0. The molecule has 4 nitrogen and oxygen atoms in total. The molecule has 2 heterocycles. The Bertz CT molecular complexity index is 358. The third-order valence-corrected chi connectivity index (χ3v) is 4.17. The summed E-state index contributed by atoms with van der Waals surface area (Å²) in [6.45, 7) is 9.95. The lowest BCUT2D eigenvalue weighted by molar-refractivity contribution is 0.0359. The van der Waals surface area contributed by atoms with E-state index in [2.05, 4.69) is 37.5 Å². The third kappa shape index (κ3) is 2.64. The lowest BCUT2D eigenvalue weighted by Crippen LogP contribution is -2.38. The summed E-state index contributed by atoms with van der Waals surface area (Å²) in [5.74, 6) is 0. The molecule has 0 aliphatic carbocycles. The van der Waals surface area contributed by atoms with E-state index < -0.39 is 0 Å². The molecular weight excluding hydrogens is 270 g/mol. The molecule has 0 atom stereocenters. The molecule has 0 N–H and O–H groups in total. The minimum absolute atomic E-state index is 0.862. The molecule has 0 unspecified atom stereocenters. The van der Waals surface area contributed by atoms with Gasteiger partial charge in [0.2, 0.25) is 0 Å². The molecule has 0 spiro atoms. The molecule has 1 fully saturated rings. The highest BCUT2D eigenvalue weighted by atomic mass is 79.9. The van der Waals surface area contributed by atoms with Gasteiger partial charge in [0.25, 0.3) is 0 Å². The van der Waals surface area contributed by atoms with Crippen LogP contribution in [-0.4, -0.2) is 47.5 Å². The van der Waals surface area contributed by atoms with Gasteiger partial charge in [-0.25, -0.2) is 0 Å². The molecule has 90 valence electrons. The summed E-state index contributed by atoms with van der Waals surface area (Å²) in [5, 5.41) is 4.51. The van der Waals surface area contributed by atoms with E-state index >= 15 is 0 Å². The van der Waals surface area contributed by atoms with Gasteiger partial charge in [0.1, 0.15) is 0 Å². The second-order valence-electron chi connectivity index (χ2n) is 4.16. The molecule has 1 aromatic heterocycles. The molecule has 0 radical (unpaired) electrons. The van der Waals surface area contributed by atoms with Crippen LogP contribution in [0.5, 0.6) is 0 Å². The van der Waals surface area contributed by atoms with Crippen LogP contribution in [0.2, 0.25) is 0 Å². The van der Waals surface area contributed by atoms with Gasteiger partial charge < -0.3 is 4.74 Å². The quantitative estimate of drug-likeness (QED) is 0.846. The summed E-state index contributed by atoms with van der Waals surface area (Å²) >= 11 is 3.55. The van der Waals surface area contributed by atoms with Gasteiger partial charge in [-0.1, -0.05) is 0 Å². The minimum atomic E-state index is 0.862. The van der Waals surface area contributed by atoms with Gasteiger partial charge in [-0.05, 0) is 29.8 Å². The van der Waals surface area contributed by atoms with Gasteiger partial charge in [-0.15, -0.1) is 0 Å². The first kappa shape index (κ1) is 12.1. The Morgan fingerprint density at radius 1 is 1.25 bits per heavy atom. The maximum Gasteiger partial charge on any atom is 0.0738 e. The van der Waals surface area contributed by atoms with Crippen LogP contribution >= 0.6 is 15.9 Å². The Morgan fingerprint density at radius 3 is 2.50 bits per heavy atom. The molecule has 0 amide bonds.